The van der Waals surface area contributed by atoms with Crippen molar-refractivity contribution in [1.82, 2.24) is 10.9 Å². The fourth-order valence-electron chi connectivity index (χ4n) is 3.47. The third-order valence-corrected chi connectivity index (χ3v) is 4.80. The summed E-state index contributed by atoms with van der Waals surface area (Å²) in [4.78, 5) is 24.6. The molecule has 2 N–H and O–H groups in total. The van der Waals surface area contributed by atoms with E-state index in [1.54, 1.807) is 0 Å². The van der Waals surface area contributed by atoms with Gasteiger partial charge in [-0.25, -0.2) is 0 Å². The molecule has 0 aliphatic carbocycles. The fourth-order valence-corrected chi connectivity index (χ4v) is 3.47. The topological polar surface area (TPSA) is 58.2 Å². The van der Waals surface area contributed by atoms with Crippen LogP contribution in [0.15, 0.2) is 84.9 Å². The van der Waals surface area contributed by atoms with Gasteiger partial charge >= 0.3 is 0 Å². The number of nitrogens with one attached hydrogen (secondary N) is 2. The molecule has 4 nitrogen and oxygen atoms in total. The van der Waals surface area contributed by atoms with Gasteiger partial charge in [0.05, 0.1) is 12.8 Å². The van der Waals surface area contributed by atoms with Crippen molar-refractivity contribution in [3.63, 3.8) is 0 Å². The number of hydrazine groups is 1. The average Bonchev–Trinajstić information content (AvgIpc) is 2.73. The minimum atomic E-state index is -0.248. The first-order valence-corrected chi connectivity index (χ1v) is 9.22. The van der Waals surface area contributed by atoms with Gasteiger partial charge in [-0.2, -0.15) is 0 Å². The Balaban J connectivity index is 1.38. The van der Waals surface area contributed by atoms with Crippen LogP contribution in [0.2, 0.25) is 0 Å². The molecule has 0 radical (unpaired) electrons. The van der Waals surface area contributed by atoms with Crippen LogP contribution in [0.5, 0.6) is 0 Å². The number of hydrogen-bond donors (Lipinski definition) is 2. The van der Waals surface area contributed by atoms with E-state index in [1.807, 2.05) is 84.9 Å². The molecule has 2 amide bonds. The largest absolute Gasteiger partial charge is 0.273 e. The van der Waals surface area contributed by atoms with E-state index >= 15 is 0 Å². The summed E-state index contributed by atoms with van der Waals surface area (Å²) in [6.07, 6.45) is 0.409. The SMILES string of the molecule is O=C(Cc1cccc2ccccc12)NNC(=O)Cc1cccc2ccccc12. The van der Waals surface area contributed by atoms with Crippen LogP contribution in [0.1, 0.15) is 11.1 Å². The van der Waals surface area contributed by atoms with E-state index < -0.39 is 0 Å². The molecular formula is C24H20N2O2. The van der Waals surface area contributed by atoms with Crippen molar-refractivity contribution in [1.29, 1.82) is 0 Å². The summed E-state index contributed by atoms with van der Waals surface area (Å²) < 4.78 is 0. The van der Waals surface area contributed by atoms with Crippen LogP contribution in [0.25, 0.3) is 21.5 Å². The molecule has 0 spiro atoms. The predicted octanol–water partition coefficient (Wildman–Crippen LogP) is 3.93. The number of rotatable bonds is 4. The lowest BCUT2D eigenvalue weighted by molar-refractivity contribution is -0.128. The fraction of sp³-hybridized carbons (Fsp3) is 0.0833. The first-order chi connectivity index (χ1) is 13.7. The number of hydrogen-bond acceptors (Lipinski definition) is 2. The van der Waals surface area contributed by atoms with Crippen LogP contribution in [0.3, 0.4) is 0 Å². The van der Waals surface area contributed by atoms with Gasteiger partial charge in [0.2, 0.25) is 11.8 Å². The number of benzene rings is 4. The molecule has 0 unspecified atom stereocenters. The van der Waals surface area contributed by atoms with Gasteiger partial charge in [0.1, 0.15) is 0 Å². The summed E-state index contributed by atoms with van der Waals surface area (Å²) in [5.74, 6) is -0.495. The van der Waals surface area contributed by atoms with Crippen molar-refractivity contribution in [2.75, 3.05) is 0 Å². The molecular weight excluding hydrogens is 348 g/mol. The van der Waals surface area contributed by atoms with Gasteiger partial charge in [-0.05, 0) is 32.7 Å². The molecule has 0 saturated heterocycles. The Morgan fingerprint density at radius 3 is 1.39 bits per heavy atom. The van der Waals surface area contributed by atoms with Crippen molar-refractivity contribution < 1.29 is 9.59 Å². The second kappa shape index (κ2) is 7.92. The van der Waals surface area contributed by atoms with Crippen LogP contribution in [0.4, 0.5) is 0 Å². The average molecular weight is 368 g/mol. The Labute approximate surface area is 163 Å². The standard InChI is InChI=1S/C24H20N2O2/c27-23(15-19-11-5-9-17-7-1-3-13-21(17)19)25-26-24(28)16-20-12-6-10-18-8-2-4-14-22(18)20/h1-14H,15-16H2,(H,25,27)(H,26,28). The highest BCUT2D eigenvalue weighted by Crippen LogP contribution is 2.19. The molecule has 0 saturated carbocycles. The molecule has 0 aliphatic rings. The van der Waals surface area contributed by atoms with E-state index in [4.69, 9.17) is 0 Å². The summed E-state index contributed by atoms with van der Waals surface area (Å²) in [5.41, 5.74) is 6.91. The van der Waals surface area contributed by atoms with E-state index in [2.05, 4.69) is 10.9 Å². The minimum Gasteiger partial charge on any atom is -0.273 e. The summed E-state index contributed by atoms with van der Waals surface area (Å²) in [5, 5.41) is 4.27. The highest BCUT2D eigenvalue weighted by atomic mass is 16.2. The molecule has 4 heteroatoms. The molecule has 4 rings (SSSR count). The first kappa shape index (κ1) is 17.7. The summed E-state index contributed by atoms with van der Waals surface area (Å²) in [6.45, 7) is 0. The molecule has 28 heavy (non-hydrogen) atoms. The molecule has 0 atom stereocenters. The minimum absolute atomic E-state index is 0.204. The Kier molecular flexibility index (Phi) is 5.02. The van der Waals surface area contributed by atoms with Crippen molar-refractivity contribution in [2.45, 2.75) is 12.8 Å². The van der Waals surface area contributed by atoms with Crippen molar-refractivity contribution in [2.24, 2.45) is 0 Å². The van der Waals surface area contributed by atoms with Gasteiger partial charge < -0.3 is 0 Å². The first-order valence-electron chi connectivity index (χ1n) is 9.22. The molecule has 4 aromatic carbocycles. The number of amides is 2. The predicted molar refractivity (Wildman–Crippen MR) is 112 cm³/mol. The van der Waals surface area contributed by atoms with E-state index in [9.17, 15) is 9.59 Å². The number of carbonyl (C=O) groups excluding carboxylic acids is 2. The highest BCUT2D eigenvalue weighted by molar-refractivity contribution is 5.92. The quantitative estimate of drug-likeness (QED) is 0.536. The van der Waals surface area contributed by atoms with Gasteiger partial charge in [0.25, 0.3) is 0 Å². The van der Waals surface area contributed by atoms with E-state index in [1.165, 1.54) is 0 Å². The van der Waals surface area contributed by atoms with Crippen LogP contribution < -0.4 is 10.9 Å². The lowest BCUT2D eigenvalue weighted by Crippen LogP contribution is -2.43. The van der Waals surface area contributed by atoms with Gasteiger partial charge in [0, 0.05) is 0 Å². The second-order valence-corrected chi connectivity index (χ2v) is 6.73. The van der Waals surface area contributed by atoms with Crippen LogP contribution in [0, 0.1) is 0 Å². The number of carbonyl (C=O) groups is 2. The van der Waals surface area contributed by atoms with Crippen LogP contribution >= 0.6 is 0 Å². The van der Waals surface area contributed by atoms with Crippen molar-refractivity contribution in [3.8, 4) is 0 Å². The molecule has 4 aromatic rings. The van der Waals surface area contributed by atoms with E-state index in [0.717, 1.165) is 32.7 Å². The second-order valence-electron chi connectivity index (χ2n) is 6.73. The van der Waals surface area contributed by atoms with Gasteiger partial charge in [-0.3, -0.25) is 20.4 Å². The van der Waals surface area contributed by atoms with Crippen LogP contribution in [-0.4, -0.2) is 11.8 Å². The summed E-state index contributed by atoms with van der Waals surface area (Å²) >= 11 is 0. The Morgan fingerprint density at radius 2 is 0.929 bits per heavy atom. The lowest BCUT2D eigenvalue weighted by atomic mass is 10.0. The van der Waals surface area contributed by atoms with Gasteiger partial charge in [-0.15, -0.1) is 0 Å². The smallest absolute Gasteiger partial charge is 0.242 e. The monoisotopic (exact) mass is 368 g/mol. The lowest BCUT2D eigenvalue weighted by Gasteiger charge is -2.10. The molecule has 138 valence electrons. The number of fused-ring (bicyclic) bond motifs is 2. The van der Waals surface area contributed by atoms with Crippen LogP contribution in [-0.2, 0) is 22.4 Å². The Hall–Kier alpha value is -3.66. The van der Waals surface area contributed by atoms with Gasteiger partial charge in [0.15, 0.2) is 0 Å². The molecule has 0 heterocycles. The highest BCUT2D eigenvalue weighted by Gasteiger charge is 2.10. The normalized spacial score (nSPS) is 10.7. The zero-order chi connectivity index (χ0) is 19.3. The zero-order valence-electron chi connectivity index (χ0n) is 15.3. The van der Waals surface area contributed by atoms with Crippen molar-refractivity contribution in [3.05, 3.63) is 96.1 Å². The molecule has 0 aromatic heterocycles. The maximum Gasteiger partial charge on any atom is 0.242 e. The third kappa shape index (κ3) is 3.86. The Bertz CT molecular complexity index is 1060. The molecule has 0 bridgehead atoms. The summed E-state index contributed by atoms with van der Waals surface area (Å²) in [6, 6.07) is 27.6. The molecule has 0 fully saturated rings. The maximum atomic E-state index is 12.3. The van der Waals surface area contributed by atoms with E-state index in [-0.39, 0.29) is 24.7 Å². The van der Waals surface area contributed by atoms with Gasteiger partial charge in [-0.1, -0.05) is 84.9 Å². The maximum absolute atomic E-state index is 12.3. The van der Waals surface area contributed by atoms with Crippen molar-refractivity contribution >= 4 is 33.4 Å². The summed E-state index contributed by atoms with van der Waals surface area (Å²) in [7, 11) is 0. The molecule has 0 aliphatic heterocycles. The van der Waals surface area contributed by atoms with E-state index in [0.29, 0.717) is 0 Å². The Morgan fingerprint density at radius 1 is 0.536 bits per heavy atom. The third-order valence-electron chi connectivity index (χ3n) is 4.80. The zero-order valence-corrected chi connectivity index (χ0v) is 15.3.